The van der Waals surface area contributed by atoms with Gasteiger partial charge in [-0.2, -0.15) is 0 Å². The standard InChI is InChI=1S/C23H33N5O/c1-17-7-9-19(10-8-17)22-26-21(16-29-22)13-25-23(24-2)27-20-11-12-28(15-20)14-18-5-3-4-6-18/h7-10,16,18,20H,3-6,11-15H2,1-2H3,(H2,24,25,27). The fourth-order valence-electron chi connectivity index (χ4n) is 4.45. The second kappa shape index (κ2) is 9.44. The van der Waals surface area contributed by atoms with Gasteiger partial charge in [-0.05, 0) is 44.2 Å². The zero-order chi connectivity index (χ0) is 20.1. The van der Waals surface area contributed by atoms with Crippen molar-refractivity contribution in [2.75, 3.05) is 26.7 Å². The minimum absolute atomic E-state index is 0.461. The van der Waals surface area contributed by atoms with Crippen LogP contribution in [0, 0.1) is 12.8 Å². The predicted molar refractivity (Wildman–Crippen MR) is 117 cm³/mol. The minimum Gasteiger partial charge on any atom is -0.444 e. The van der Waals surface area contributed by atoms with Crippen molar-refractivity contribution in [1.29, 1.82) is 0 Å². The van der Waals surface area contributed by atoms with Gasteiger partial charge in [0.15, 0.2) is 5.96 Å². The largest absolute Gasteiger partial charge is 0.444 e. The summed E-state index contributed by atoms with van der Waals surface area (Å²) in [6.45, 7) is 6.23. The normalized spacial score (nSPS) is 21.0. The Hall–Kier alpha value is -2.34. The molecule has 2 aromatic rings. The maximum Gasteiger partial charge on any atom is 0.226 e. The molecule has 2 N–H and O–H groups in total. The smallest absolute Gasteiger partial charge is 0.226 e. The van der Waals surface area contributed by atoms with Gasteiger partial charge in [0.1, 0.15) is 6.26 Å². The molecule has 4 rings (SSSR count). The molecule has 0 amide bonds. The molecule has 1 aromatic carbocycles. The first-order chi connectivity index (χ1) is 14.2. The maximum atomic E-state index is 5.65. The van der Waals surface area contributed by atoms with Crippen molar-refractivity contribution in [2.24, 2.45) is 10.9 Å². The van der Waals surface area contributed by atoms with Crippen molar-refractivity contribution in [3.63, 3.8) is 0 Å². The van der Waals surface area contributed by atoms with Gasteiger partial charge in [-0.25, -0.2) is 4.98 Å². The van der Waals surface area contributed by atoms with Crippen LogP contribution in [0.15, 0.2) is 39.9 Å². The van der Waals surface area contributed by atoms with Crippen LogP contribution in [0.1, 0.15) is 43.4 Å². The summed E-state index contributed by atoms with van der Waals surface area (Å²) < 4.78 is 5.65. The van der Waals surface area contributed by atoms with Gasteiger partial charge in [-0.3, -0.25) is 4.99 Å². The monoisotopic (exact) mass is 395 g/mol. The van der Waals surface area contributed by atoms with E-state index in [-0.39, 0.29) is 0 Å². The number of benzene rings is 1. The fraction of sp³-hybridized carbons (Fsp3) is 0.565. The molecule has 1 saturated carbocycles. The number of aryl methyl sites for hydroxylation is 1. The fourth-order valence-corrected chi connectivity index (χ4v) is 4.45. The molecule has 1 saturated heterocycles. The molecule has 2 aliphatic rings. The summed E-state index contributed by atoms with van der Waals surface area (Å²) in [7, 11) is 1.82. The Kier molecular flexibility index (Phi) is 6.49. The topological polar surface area (TPSA) is 65.7 Å². The van der Waals surface area contributed by atoms with Crippen LogP contribution < -0.4 is 10.6 Å². The van der Waals surface area contributed by atoms with Gasteiger partial charge in [0.2, 0.25) is 5.89 Å². The highest BCUT2D eigenvalue weighted by Gasteiger charge is 2.26. The third kappa shape index (κ3) is 5.38. The van der Waals surface area contributed by atoms with E-state index in [9.17, 15) is 0 Å². The lowest BCUT2D eigenvalue weighted by Crippen LogP contribution is -2.44. The molecule has 2 fully saturated rings. The molecule has 0 bridgehead atoms. The predicted octanol–water partition coefficient (Wildman–Crippen LogP) is 3.58. The van der Waals surface area contributed by atoms with E-state index in [0.29, 0.717) is 18.5 Å². The average molecular weight is 396 g/mol. The second-order valence-electron chi connectivity index (χ2n) is 8.48. The third-order valence-electron chi connectivity index (χ3n) is 6.12. The van der Waals surface area contributed by atoms with Crippen LogP contribution in [0.5, 0.6) is 0 Å². The van der Waals surface area contributed by atoms with E-state index >= 15 is 0 Å². The number of nitrogens with one attached hydrogen (secondary N) is 2. The van der Waals surface area contributed by atoms with E-state index in [1.54, 1.807) is 6.26 Å². The number of hydrogen-bond donors (Lipinski definition) is 2. The average Bonchev–Trinajstić information content (AvgIpc) is 3.49. The van der Waals surface area contributed by atoms with Gasteiger partial charge >= 0.3 is 0 Å². The van der Waals surface area contributed by atoms with Crippen molar-refractivity contribution >= 4 is 5.96 Å². The van der Waals surface area contributed by atoms with Gasteiger partial charge in [0, 0.05) is 38.3 Å². The Balaban J connectivity index is 1.24. The Morgan fingerprint density at radius 2 is 2.00 bits per heavy atom. The lowest BCUT2D eigenvalue weighted by Gasteiger charge is -2.21. The molecule has 0 spiro atoms. The number of hydrogen-bond acceptors (Lipinski definition) is 4. The van der Waals surface area contributed by atoms with E-state index in [1.165, 1.54) is 50.8 Å². The van der Waals surface area contributed by atoms with Crippen LogP contribution in [0.4, 0.5) is 0 Å². The molecule has 1 atom stereocenters. The highest BCUT2D eigenvalue weighted by atomic mass is 16.3. The van der Waals surface area contributed by atoms with E-state index in [0.717, 1.165) is 29.7 Å². The van der Waals surface area contributed by atoms with Crippen LogP contribution in [-0.4, -0.2) is 48.6 Å². The molecule has 6 nitrogen and oxygen atoms in total. The molecule has 156 valence electrons. The van der Waals surface area contributed by atoms with Crippen molar-refractivity contribution in [2.45, 2.75) is 51.6 Å². The SMILES string of the molecule is CN=C(NCc1coc(-c2ccc(C)cc2)n1)NC1CCN(CC2CCCC2)C1. The van der Waals surface area contributed by atoms with E-state index in [4.69, 9.17) is 4.42 Å². The van der Waals surface area contributed by atoms with Crippen LogP contribution in [0.3, 0.4) is 0 Å². The van der Waals surface area contributed by atoms with Gasteiger partial charge in [0.25, 0.3) is 0 Å². The summed E-state index contributed by atoms with van der Waals surface area (Å²) in [6.07, 6.45) is 8.57. The van der Waals surface area contributed by atoms with E-state index < -0.39 is 0 Å². The molecule has 2 heterocycles. The van der Waals surface area contributed by atoms with Gasteiger partial charge in [0.05, 0.1) is 12.2 Å². The number of aromatic nitrogens is 1. The molecule has 1 aliphatic heterocycles. The van der Waals surface area contributed by atoms with Crippen molar-refractivity contribution < 1.29 is 4.42 Å². The summed E-state index contributed by atoms with van der Waals surface area (Å²) in [5.41, 5.74) is 3.10. The van der Waals surface area contributed by atoms with Gasteiger partial charge < -0.3 is 20.0 Å². The van der Waals surface area contributed by atoms with E-state index in [2.05, 4.69) is 44.6 Å². The summed E-state index contributed by atoms with van der Waals surface area (Å²) >= 11 is 0. The zero-order valence-corrected chi connectivity index (χ0v) is 17.7. The Morgan fingerprint density at radius 3 is 2.76 bits per heavy atom. The zero-order valence-electron chi connectivity index (χ0n) is 17.7. The molecule has 6 heteroatoms. The minimum atomic E-state index is 0.461. The quantitative estimate of drug-likeness (QED) is 0.578. The number of oxazole rings is 1. The lowest BCUT2D eigenvalue weighted by atomic mass is 10.1. The third-order valence-corrected chi connectivity index (χ3v) is 6.12. The number of nitrogens with zero attached hydrogens (tertiary/aromatic N) is 3. The van der Waals surface area contributed by atoms with Crippen LogP contribution >= 0.6 is 0 Å². The number of likely N-dealkylation sites (tertiary alicyclic amines) is 1. The van der Waals surface area contributed by atoms with Crippen LogP contribution in [0.2, 0.25) is 0 Å². The van der Waals surface area contributed by atoms with Crippen molar-refractivity contribution in [3.05, 3.63) is 41.8 Å². The Morgan fingerprint density at radius 1 is 1.21 bits per heavy atom. The van der Waals surface area contributed by atoms with Crippen LogP contribution in [0.25, 0.3) is 11.5 Å². The molecule has 1 aliphatic carbocycles. The first-order valence-electron chi connectivity index (χ1n) is 10.9. The maximum absolute atomic E-state index is 5.65. The Labute approximate surface area is 173 Å². The summed E-state index contributed by atoms with van der Waals surface area (Å²) in [5.74, 6) is 2.40. The molecule has 1 aromatic heterocycles. The second-order valence-corrected chi connectivity index (χ2v) is 8.48. The molecular formula is C23H33N5O. The molecule has 29 heavy (non-hydrogen) atoms. The number of guanidine groups is 1. The molecule has 0 radical (unpaired) electrons. The highest BCUT2D eigenvalue weighted by molar-refractivity contribution is 5.80. The number of rotatable bonds is 6. The Bertz CT molecular complexity index is 807. The van der Waals surface area contributed by atoms with Gasteiger partial charge in [-0.15, -0.1) is 0 Å². The lowest BCUT2D eigenvalue weighted by molar-refractivity contribution is 0.275. The first kappa shape index (κ1) is 20.0. The first-order valence-corrected chi connectivity index (χ1v) is 10.9. The summed E-state index contributed by atoms with van der Waals surface area (Å²) in [5, 5.41) is 6.95. The van der Waals surface area contributed by atoms with Crippen molar-refractivity contribution in [1.82, 2.24) is 20.5 Å². The summed E-state index contributed by atoms with van der Waals surface area (Å²) in [6, 6.07) is 8.68. The summed E-state index contributed by atoms with van der Waals surface area (Å²) in [4.78, 5) is 11.6. The number of aliphatic imine (C=N–C) groups is 1. The highest BCUT2D eigenvalue weighted by Crippen LogP contribution is 2.26. The van der Waals surface area contributed by atoms with E-state index in [1.807, 2.05) is 19.2 Å². The van der Waals surface area contributed by atoms with Gasteiger partial charge in [-0.1, -0.05) is 30.5 Å². The molecular weight excluding hydrogens is 362 g/mol. The molecule has 1 unspecified atom stereocenters. The van der Waals surface area contributed by atoms with Crippen LogP contribution in [-0.2, 0) is 6.54 Å². The van der Waals surface area contributed by atoms with Crippen molar-refractivity contribution in [3.8, 4) is 11.5 Å².